The first kappa shape index (κ1) is 56.0. The van der Waals surface area contributed by atoms with Crippen molar-refractivity contribution in [3.8, 4) is 0 Å². The number of esters is 2. The molecule has 1 heterocycles. The summed E-state index contributed by atoms with van der Waals surface area (Å²) in [5.74, 6) is -1.40. The zero-order chi connectivity index (χ0) is 44.8. The fraction of sp³-hybridized carbons (Fsp3) is 0.660. The van der Waals surface area contributed by atoms with E-state index in [0.29, 0.717) is 32.1 Å². The van der Waals surface area contributed by atoms with Gasteiger partial charge in [-0.2, -0.15) is 0 Å². The number of aliphatic hydroxyl groups excluding tert-OH is 3. The van der Waals surface area contributed by atoms with Gasteiger partial charge in [-0.3, -0.25) is 18.6 Å². The number of allylic oxidation sites excluding steroid dienone is 12. The first-order chi connectivity index (χ1) is 29.5. The Morgan fingerprint density at radius 3 is 2.05 bits per heavy atom. The predicted octanol–water partition coefficient (Wildman–Crippen LogP) is 8.93. The minimum Gasteiger partial charge on any atom is -0.462 e. The first-order valence-electron chi connectivity index (χ1n) is 22.5. The summed E-state index contributed by atoms with van der Waals surface area (Å²) in [5, 5.41) is 31.0. The quantitative estimate of drug-likeness (QED) is 0.0173. The van der Waals surface area contributed by atoms with Gasteiger partial charge < -0.3 is 40.2 Å². The van der Waals surface area contributed by atoms with Gasteiger partial charge in [0.15, 0.2) is 12.4 Å². The van der Waals surface area contributed by atoms with Crippen LogP contribution in [0.1, 0.15) is 136 Å². The maximum atomic E-state index is 12.7. The van der Waals surface area contributed by atoms with Gasteiger partial charge in [-0.15, -0.1) is 0 Å². The SMILES string of the molecule is CC/C=C\C/C=C\C/C=C\C/C=C\C/C=C\CCCCCC(=O)OC[C@H](COP(=O)(O)OCCN)OC(=O)CCC/C=C\C[C@H]1[C@@H](O)CC(O)O[C@@H]1/C=C/[C@@H](O)CCCCC. The highest BCUT2D eigenvalue weighted by molar-refractivity contribution is 7.47. The lowest BCUT2D eigenvalue weighted by atomic mass is 9.87. The number of unbranched alkanes of at least 4 members (excludes halogenated alkanes) is 6. The van der Waals surface area contributed by atoms with Crippen molar-refractivity contribution in [2.75, 3.05) is 26.4 Å². The third-order valence-electron chi connectivity index (χ3n) is 9.56. The standard InChI is InChI=1S/C47H78NO12P/c1-3-5-7-8-9-10-11-12-13-14-15-16-17-18-19-20-21-22-27-31-45(51)56-38-41(39-58-61(54,55)57-36-35-48)59-46(52)32-28-24-23-26-30-42-43(50)37-47(53)60-44(42)34-33-40(49)29-25-6-4-2/h5,7,9-10,12-13,15-16,18-19,23,26,33-34,40-44,47,49-50,53H,3-4,6,8,11,14,17,20-22,24-25,27-32,35-39,48H2,1-2H3,(H,54,55)/b7-5-,10-9-,13-12-,16-15-,19-18-,26-23-,34-33+/t40-,41+,42-,43-,44+,47?/m0/s1. The molecular formula is C47H78NO12P. The molecular weight excluding hydrogens is 801 g/mol. The lowest BCUT2D eigenvalue weighted by molar-refractivity contribution is -0.199. The highest BCUT2D eigenvalue weighted by atomic mass is 31.2. The molecule has 0 aromatic rings. The second kappa shape index (κ2) is 37.6. The van der Waals surface area contributed by atoms with Crippen LogP contribution < -0.4 is 5.73 Å². The third kappa shape index (κ3) is 32.4. The van der Waals surface area contributed by atoms with Crippen LogP contribution in [0.15, 0.2) is 85.1 Å². The van der Waals surface area contributed by atoms with Crippen LogP contribution in [0.4, 0.5) is 0 Å². The summed E-state index contributed by atoms with van der Waals surface area (Å²) in [4.78, 5) is 35.1. The molecule has 1 aliphatic heterocycles. The average Bonchev–Trinajstić information content (AvgIpc) is 3.23. The van der Waals surface area contributed by atoms with E-state index in [1.165, 1.54) is 0 Å². The second-order valence-corrected chi connectivity index (χ2v) is 16.5. The summed E-state index contributed by atoms with van der Waals surface area (Å²) < 4.78 is 38.4. The fourth-order valence-electron chi connectivity index (χ4n) is 6.17. The highest BCUT2D eigenvalue weighted by Gasteiger charge is 2.35. The lowest BCUT2D eigenvalue weighted by Crippen LogP contribution is -2.43. The van der Waals surface area contributed by atoms with Gasteiger partial charge in [0.05, 0.1) is 31.5 Å². The molecule has 0 saturated carbocycles. The largest absolute Gasteiger partial charge is 0.472 e. The Kier molecular flexibility index (Phi) is 34.5. The van der Waals surface area contributed by atoms with Crippen LogP contribution in [0, 0.1) is 5.92 Å². The summed E-state index contributed by atoms with van der Waals surface area (Å²) >= 11 is 0. The Balaban J connectivity index is 2.45. The van der Waals surface area contributed by atoms with Crippen LogP contribution in [0.25, 0.3) is 0 Å². The molecule has 1 saturated heterocycles. The number of carbonyl (C=O) groups is 2. The molecule has 0 radical (unpaired) electrons. The van der Waals surface area contributed by atoms with Gasteiger partial charge in [0, 0.05) is 31.7 Å². The van der Waals surface area contributed by atoms with Crippen LogP contribution in [-0.2, 0) is 37.4 Å². The van der Waals surface area contributed by atoms with E-state index in [4.69, 9.17) is 29.0 Å². The van der Waals surface area contributed by atoms with Crippen molar-refractivity contribution in [2.45, 2.75) is 167 Å². The fourth-order valence-corrected chi connectivity index (χ4v) is 6.93. The Labute approximate surface area is 366 Å². The molecule has 0 aromatic carbocycles. The predicted molar refractivity (Wildman–Crippen MR) is 241 cm³/mol. The second-order valence-electron chi connectivity index (χ2n) is 15.1. The van der Waals surface area contributed by atoms with Crippen molar-refractivity contribution in [1.29, 1.82) is 0 Å². The molecule has 13 nitrogen and oxygen atoms in total. The molecule has 348 valence electrons. The summed E-state index contributed by atoms with van der Waals surface area (Å²) in [6.45, 7) is 3.13. The Morgan fingerprint density at radius 2 is 1.39 bits per heavy atom. The van der Waals surface area contributed by atoms with Crippen molar-refractivity contribution < 1.29 is 57.6 Å². The van der Waals surface area contributed by atoms with Crippen molar-refractivity contribution in [1.82, 2.24) is 0 Å². The molecule has 0 aliphatic carbocycles. The molecule has 2 unspecified atom stereocenters. The van der Waals surface area contributed by atoms with Crippen molar-refractivity contribution >= 4 is 19.8 Å². The smallest absolute Gasteiger partial charge is 0.462 e. The summed E-state index contributed by atoms with van der Waals surface area (Å²) in [7, 11) is -4.47. The molecule has 1 fully saturated rings. The van der Waals surface area contributed by atoms with Gasteiger partial charge in [0.25, 0.3) is 0 Å². The molecule has 0 aromatic heterocycles. The Morgan fingerprint density at radius 1 is 0.770 bits per heavy atom. The number of rotatable bonds is 36. The molecule has 6 N–H and O–H groups in total. The first-order valence-corrected chi connectivity index (χ1v) is 24.0. The van der Waals surface area contributed by atoms with Gasteiger partial charge in [-0.05, 0) is 77.0 Å². The van der Waals surface area contributed by atoms with Crippen LogP contribution in [0.2, 0.25) is 0 Å². The highest BCUT2D eigenvalue weighted by Crippen LogP contribution is 2.43. The number of ether oxygens (including phenoxy) is 3. The zero-order valence-electron chi connectivity index (χ0n) is 36.9. The topological polar surface area (TPSA) is 204 Å². The third-order valence-corrected chi connectivity index (χ3v) is 10.5. The number of phosphoric ester groups is 1. The van der Waals surface area contributed by atoms with Crippen molar-refractivity contribution in [3.05, 3.63) is 85.1 Å². The van der Waals surface area contributed by atoms with Crippen LogP contribution in [-0.4, -0.2) is 89.2 Å². The molecule has 7 atom stereocenters. The van der Waals surface area contributed by atoms with E-state index in [2.05, 4.69) is 74.6 Å². The molecule has 1 aliphatic rings. The summed E-state index contributed by atoms with van der Waals surface area (Å²) in [6, 6.07) is 0. The lowest BCUT2D eigenvalue weighted by Gasteiger charge is -2.36. The minimum absolute atomic E-state index is 0.000198. The normalized spacial score (nSPS) is 20.9. The van der Waals surface area contributed by atoms with Gasteiger partial charge in [0.2, 0.25) is 0 Å². The Hall–Kier alpha value is -2.97. The van der Waals surface area contributed by atoms with E-state index in [0.717, 1.165) is 70.6 Å². The zero-order valence-corrected chi connectivity index (χ0v) is 37.8. The molecule has 61 heavy (non-hydrogen) atoms. The van der Waals surface area contributed by atoms with E-state index < -0.39 is 57.1 Å². The molecule has 1 rings (SSSR count). The maximum Gasteiger partial charge on any atom is 0.472 e. The van der Waals surface area contributed by atoms with E-state index in [9.17, 15) is 34.4 Å². The van der Waals surface area contributed by atoms with Crippen molar-refractivity contribution in [3.63, 3.8) is 0 Å². The van der Waals surface area contributed by atoms with E-state index in [1.54, 1.807) is 12.2 Å². The summed E-state index contributed by atoms with van der Waals surface area (Å²) in [6.07, 6.45) is 38.0. The number of aliphatic hydroxyl groups is 3. The van der Waals surface area contributed by atoms with E-state index >= 15 is 0 Å². The van der Waals surface area contributed by atoms with E-state index in [-0.39, 0.29) is 44.9 Å². The minimum atomic E-state index is -4.47. The number of nitrogens with two attached hydrogens (primary N) is 1. The van der Waals surface area contributed by atoms with E-state index in [1.807, 2.05) is 12.2 Å². The average molecular weight is 880 g/mol. The van der Waals surface area contributed by atoms with Gasteiger partial charge in [-0.1, -0.05) is 125 Å². The van der Waals surface area contributed by atoms with Crippen LogP contribution in [0.3, 0.4) is 0 Å². The molecule has 0 spiro atoms. The molecule has 14 heteroatoms. The van der Waals surface area contributed by atoms with Gasteiger partial charge >= 0.3 is 19.8 Å². The number of hydrogen-bond acceptors (Lipinski definition) is 12. The van der Waals surface area contributed by atoms with Crippen molar-refractivity contribution in [2.24, 2.45) is 11.7 Å². The summed E-state index contributed by atoms with van der Waals surface area (Å²) in [5.41, 5.74) is 5.34. The number of hydrogen-bond donors (Lipinski definition) is 5. The maximum absolute atomic E-state index is 12.7. The van der Waals surface area contributed by atoms with Gasteiger partial charge in [-0.25, -0.2) is 4.57 Å². The van der Waals surface area contributed by atoms with Crippen LogP contribution >= 0.6 is 7.82 Å². The van der Waals surface area contributed by atoms with Gasteiger partial charge in [0.1, 0.15) is 6.61 Å². The number of phosphoric acid groups is 1. The molecule has 0 bridgehead atoms. The molecule has 0 amide bonds. The monoisotopic (exact) mass is 880 g/mol. The Bertz CT molecular complexity index is 1390. The van der Waals surface area contributed by atoms with Crippen LogP contribution in [0.5, 0.6) is 0 Å². The number of carbonyl (C=O) groups excluding carboxylic acids is 2.